The minimum Gasteiger partial charge on any atom is -0.337 e. The average Bonchev–Trinajstić information content (AvgIpc) is 3.00. The minimum absolute atomic E-state index is 0.0101. The Morgan fingerprint density at radius 3 is 2.95 bits per heavy atom. The van der Waals surface area contributed by atoms with Crippen LogP contribution in [0, 0.1) is 5.82 Å². The van der Waals surface area contributed by atoms with Crippen molar-refractivity contribution in [3.8, 4) is 5.69 Å². The van der Waals surface area contributed by atoms with Crippen LogP contribution in [0.1, 0.15) is 23.2 Å². The number of hydrogen-bond acceptors (Lipinski definition) is 3. The van der Waals surface area contributed by atoms with Crippen molar-refractivity contribution in [3.05, 3.63) is 48.0 Å². The molecule has 1 saturated heterocycles. The Kier molecular flexibility index (Phi) is 3.70. The van der Waals surface area contributed by atoms with Gasteiger partial charge in [0.05, 0.1) is 0 Å². The molecule has 1 aliphatic heterocycles. The quantitative estimate of drug-likeness (QED) is 0.912. The standard InChI is InChI=1S/C15H17FN4O/c16-13-9-11(4-5-14(13)20-8-2-6-18-20)15(21)19-7-1-3-12(17)10-19/h2,4-6,8-9,12H,1,3,7,10,17H2/t12-/m1/s1. The molecule has 2 heterocycles. The van der Waals surface area contributed by atoms with E-state index in [1.165, 1.54) is 10.7 Å². The fourth-order valence-electron chi connectivity index (χ4n) is 2.61. The van der Waals surface area contributed by atoms with Crippen LogP contribution < -0.4 is 5.73 Å². The van der Waals surface area contributed by atoms with Gasteiger partial charge in [-0.1, -0.05) is 0 Å². The van der Waals surface area contributed by atoms with E-state index >= 15 is 0 Å². The van der Waals surface area contributed by atoms with Crippen molar-refractivity contribution in [1.82, 2.24) is 14.7 Å². The third-order valence-corrected chi connectivity index (χ3v) is 3.69. The molecule has 0 bridgehead atoms. The van der Waals surface area contributed by atoms with E-state index < -0.39 is 5.82 Å². The second-order valence-corrected chi connectivity index (χ2v) is 5.27. The maximum atomic E-state index is 14.2. The van der Waals surface area contributed by atoms with Crippen LogP contribution in [0.4, 0.5) is 4.39 Å². The summed E-state index contributed by atoms with van der Waals surface area (Å²) >= 11 is 0. The van der Waals surface area contributed by atoms with Gasteiger partial charge in [-0.2, -0.15) is 5.10 Å². The molecule has 3 rings (SSSR count). The van der Waals surface area contributed by atoms with Crippen LogP contribution in [-0.4, -0.2) is 39.7 Å². The number of rotatable bonds is 2. The highest BCUT2D eigenvalue weighted by Gasteiger charge is 2.23. The number of nitrogens with two attached hydrogens (primary N) is 1. The summed E-state index contributed by atoms with van der Waals surface area (Å²) in [6.07, 6.45) is 5.05. The Balaban J connectivity index is 1.83. The van der Waals surface area contributed by atoms with Crippen LogP contribution >= 0.6 is 0 Å². The summed E-state index contributed by atoms with van der Waals surface area (Å²) in [5.41, 5.74) is 6.55. The van der Waals surface area contributed by atoms with Gasteiger partial charge in [0.15, 0.2) is 0 Å². The Morgan fingerprint density at radius 2 is 2.29 bits per heavy atom. The van der Waals surface area contributed by atoms with Gasteiger partial charge in [-0.15, -0.1) is 0 Å². The van der Waals surface area contributed by atoms with Crippen molar-refractivity contribution in [1.29, 1.82) is 0 Å². The fourth-order valence-corrected chi connectivity index (χ4v) is 2.61. The molecular formula is C15H17FN4O. The first-order valence-electron chi connectivity index (χ1n) is 6.99. The topological polar surface area (TPSA) is 64.2 Å². The first-order valence-corrected chi connectivity index (χ1v) is 6.99. The van der Waals surface area contributed by atoms with E-state index in [1.807, 2.05) is 0 Å². The number of piperidine rings is 1. The van der Waals surface area contributed by atoms with Crippen molar-refractivity contribution in [2.45, 2.75) is 18.9 Å². The maximum Gasteiger partial charge on any atom is 0.254 e. The summed E-state index contributed by atoms with van der Waals surface area (Å²) in [5, 5.41) is 3.99. The average molecular weight is 288 g/mol. The van der Waals surface area contributed by atoms with Gasteiger partial charge >= 0.3 is 0 Å². The van der Waals surface area contributed by atoms with E-state index in [-0.39, 0.29) is 11.9 Å². The number of amides is 1. The molecule has 1 amide bonds. The van der Waals surface area contributed by atoms with E-state index in [9.17, 15) is 9.18 Å². The lowest BCUT2D eigenvalue weighted by molar-refractivity contribution is 0.0708. The molecule has 1 atom stereocenters. The van der Waals surface area contributed by atoms with Crippen LogP contribution in [-0.2, 0) is 0 Å². The van der Waals surface area contributed by atoms with Gasteiger partial charge < -0.3 is 10.6 Å². The summed E-state index contributed by atoms with van der Waals surface area (Å²) < 4.78 is 15.6. The van der Waals surface area contributed by atoms with Crippen molar-refractivity contribution in [3.63, 3.8) is 0 Å². The van der Waals surface area contributed by atoms with E-state index in [2.05, 4.69) is 5.10 Å². The SMILES string of the molecule is N[C@@H]1CCCN(C(=O)c2ccc(-n3cccn3)c(F)c2)C1. The summed E-state index contributed by atoms with van der Waals surface area (Å²) in [7, 11) is 0. The summed E-state index contributed by atoms with van der Waals surface area (Å²) in [4.78, 5) is 14.1. The monoisotopic (exact) mass is 288 g/mol. The molecule has 1 aliphatic rings. The smallest absolute Gasteiger partial charge is 0.254 e. The Bertz CT molecular complexity index is 641. The first-order chi connectivity index (χ1) is 10.1. The van der Waals surface area contributed by atoms with E-state index in [0.29, 0.717) is 24.3 Å². The number of aromatic nitrogens is 2. The van der Waals surface area contributed by atoms with Gasteiger partial charge in [0, 0.05) is 37.1 Å². The largest absolute Gasteiger partial charge is 0.337 e. The minimum atomic E-state index is -0.467. The van der Waals surface area contributed by atoms with Gasteiger partial charge in [0.1, 0.15) is 11.5 Å². The molecule has 0 spiro atoms. The summed E-state index contributed by atoms with van der Waals surface area (Å²) in [5.74, 6) is -0.637. The molecule has 2 aromatic rings. The summed E-state index contributed by atoms with van der Waals surface area (Å²) in [6, 6.07) is 6.19. The molecule has 0 saturated carbocycles. The lowest BCUT2D eigenvalue weighted by Crippen LogP contribution is -2.45. The van der Waals surface area contributed by atoms with Gasteiger partial charge in [-0.25, -0.2) is 9.07 Å². The van der Waals surface area contributed by atoms with Crippen molar-refractivity contribution in [2.75, 3.05) is 13.1 Å². The number of benzene rings is 1. The first kappa shape index (κ1) is 13.8. The van der Waals surface area contributed by atoms with E-state index in [1.54, 1.807) is 35.5 Å². The van der Waals surface area contributed by atoms with Gasteiger partial charge in [-0.05, 0) is 37.1 Å². The highest BCUT2D eigenvalue weighted by Crippen LogP contribution is 2.17. The van der Waals surface area contributed by atoms with Crippen LogP contribution in [0.5, 0.6) is 0 Å². The molecule has 0 unspecified atom stereocenters. The molecule has 21 heavy (non-hydrogen) atoms. The zero-order chi connectivity index (χ0) is 14.8. The zero-order valence-electron chi connectivity index (χ0n) is 11.6. The third-order valence-electron chi connectivity index (χ3n) is 3.69. The molecule has 0 aliphatic carbocycles. The number of halogens is 1. The van der Waals surface area contributed by atoms with Gasteiger partial charge in [-0.3, -0.25) is 4.79 Å². The van der Waals surface area contributed by atoms with Crippen molar-refractivity contribution in [2.24, 2.45) is 5.73 Å². The third kappa shape index (κ3) is 2.80. The van der Waals surface area contributed by atoms with Gasteiger partial charge in [0.25, 0.3) is 5.91 Å². The van der Waals surface area contributed by atoms with Crippen LogP contribution in [0.25, 0.3) is 5.69 Å². The molecule has 1 aromatic heterocycles. The fraction of sp³-hybridized carbons (Fsp3) is 0.333. The molecular weight excluding hydrogens is 271 g/mol. The molecule has 0 radical (unpaired) electrons. The van der Waals surface area contributed by atoms with Gasteiger partial charge in [0.2, 0.25) is 0 Å². The molecule has 1 aromatic carbocycles. The lowest BCUT2D eigenvalue weighted by atomic mass is 10.1. The van der Waals surface area contributed by atoms with Crippen LogP contribution in [0.3, 0.4) is 0 Å². The second kappa shape index (κ2) is 5.65. The predicted molar refractivity (Wildman–Crippen MR) is 76.6 cm³/mol. The highest BCUT2D eigenvalue weighted by molar-refractivity contribution is 5.94. The number of hydrogen-bond donors (Lipinski definition) is 1. The lowest BCUT2D eigenvalue weighted by Gasteiger charge is -2.30. The Hall–Kier alpha value is -2.21. The number of carbonyl (C=O) groups is 1. The number of likely N-dealkylation sites (tertiary alicyclic amines) is 1. The Labute approximate surface area is 122 Å². The normalized spacial score (nSPS) is 18.8. The Morgan fingerprint density at radius 1 is 1.43 bits per heavy atom. The zero-order valence-corrected chi connectivity index (χ0v) is 11.6. The van der Waals surface area contributed by atoms with Crippen molar-refractivity contribution >= 4 is 5.91 Å². The molecule has 6 heteroatoms. The molecule has 5 nitrogen and oxygen atoms in total. The molecule has 1 fully saturated rings. The maximum absolute atomic E-state index is 14.2. The number of nitrogens with zero attached hydrogens (tertiary/aromatic N) is 3. The molecule has 110 valence electrons. The van der Waals surface area contributed by atoms with Crippen LogP contribution in [0.15, 0.2) is 36.7 Å². The van der Waals surface area contributed by atoms with Crippen molar-refractivity contribution < 1.29 is 9.18 Å². The van der Waals surface area contributed by atoms with E-state index in [4.69, 9.17) is 5.73 Å². The second-order valence-electron chi connectivity index (χ2n) is 5.27. The van der Waals surface area contributed by atoms with Crippen LogP contribution in [0.2, 0.25) is 0 Å². The van der Waals surface area contributed by atoms with E-state index in [0.717, 1.165) is 12.8 Å². The highest BCUT2D eigenvalue weighted by atomic mass is 19.1. The predicted octanol–water partition coefficient (Wildman–Crippen LogP) is 1.57. The summed E-state index contributed by atoms with van der Waals surface area (Å²) in [6.45, 7) is 1.20. The molecule has 2 N–H and O–H groups in total. The number of carbonyl (C=O) groups excluding carboxylic acids is 1.